The molecule has 146 valence electrons. The maximum Gasteiger partial charge on any atom is 0.390 e. The van der Waals surface area contributed by atoms with Gasteiger partial charge in [-0.2, -0.15) is 13.2 Å². The number of para-hydroxylation sites is 1. The summed E-state index contributed by atoms with van der Waals surface area (Å²) in [6.07, 6.45) is -3.93. The maximum atomic E-state index is 12.8. The molecule has 3 rings (SSSR count). The fourth-order valence-corrected chi connectivity index (χ4v) is 3.00. The van der Waals surface area contributed by atoms with Crippen LogP contribution in [0.3, 0.4) is 0 Å². The molecule has 0 unspecified atom stereocenters. The summed E-state index contributed by atoms with van der Waals surface area (Å²) in [6.45, 7) is -0.477. The number of amides is 1. The van der Waals surface area contributed by atoms with E-state index in [2.05, 4.69) is 0 Å². The van der Waals surface area contributed by atoms with Gasteiger partial charge in [-0.05, 0) is 17.7 Å². The fraction of sp³-hybridized carbons (Fsp3) is 0.238. The normalized spacial score (nSPS) is 11.5. The molecule has 0 bridgehead atoms. The number of aromatic nitrogens is 1. The Morgan fingerprint density at radius 1 is 0.964 bits per heavy atom. The number of nitrogens with zero attached hydrogens (tertiary/aromatic N) is 2. The lowest BCUT2D eigenvalue weighted by Crippen LogP contribution is -2.36. The van der Waals surface area contributed by atoms with Crippen LogP contribution < -0.4 is 5.43 Å². The summed E-state index contributed by atoms with van der Waals surface area (Å²) in [5.74, 6) is -0.443. The quantitative estimate of drug-likeness (QED) is 0.641. The summed E-state index contributed by atoms with van der Waals surface area (Å²) in [5, 5.41) is 0.461. The first-order valence-electron chi connectivity index (χ1n) is 8.80. The Balaban J connectivity index is 1.84. The lowest BCUT2D eigenvalue weighted by molar-refractivity contribution is -0.146. The summed E-state index contributed by atoms with van der Waals surface area (Å²) >= 11 is 0. The molecule has 0 N–H and O–H groups in total. The largest absolute Gasteiger partial charge is 0.390 e. The second-order valence-corrected chi connectivity index (χ2v) is 6.49. The molecule has 0 atom stereocenters. The van der Waals surface area contributed by atoms with E-state index in [1.54, 1.807) is 59.2 Å². The molecule has 0 saturated heterocycles. The van der Waals surface area contributed by atoms with E-state index in [4.69, 9.17) is 0 Å². The molecule has 1 heterocycles. The molecule has 7 heteroatoms. The number of carbonyl (C=O) groups excluding carboxylic acids is 1. The zero-order chi connectivity index (χ0) is 20.1. The SMILES string of the molecule is O=C(Cn1ccc(=O)c2ccccc21)N(CCC(F)(F)F)Cc1ccccc1. The molecule has 0 aliphatic heterocycles. The van der Waals surface area contributed by atoms with Crippen LogP contribution in [0.4, 0.5) is 13.2 Å². The molecule has 0 aliphatic carbocycles. The number of benzene rings is 2. The van der Waals surface area contributed by atoms with E-state index in [-0.39, 0.29) is 18.5 Å². The summed E-state index contributed by atoms with van der Waals surface area (Å²) in [6, 6.07) is 17.1. The number of rotatable bonds is 6. The molecule has 0 aliphatic rings. The highest BCUT2D eigenvalue weighted by atomic mass is 19.4. The van der Waals surface area contributed by atoms with Crippen molar-refractivity contribution in [3.63, 3.8) is 0 Å². The van der Waals surface area contributed by atoms with E-state index in [0.717, 1.165) is 5.56 Å². The molecule has 28 heavy (non-hydrogen) atoms. The highest BCUT2D eigenvalue weighted by Crippen LogP contribution is 2.21. The molecule has 1 amide bonds. The third-order valence-corrected chi connectivity index (χ3v) is 4.42. The van der Waals surface area contributed by atoms with Crippen LogP contribution in [-0.4, -0.2) is 28.1 Å². The van der Waals surface area contributed by atoms with Gasteiger partial charge < -0.3 is 9.47 Å². The van der Waals surface area contributed by atoms with Gasteiger partial charge >= 0.3 is 6.18 Å². The Kier molecular flexibility index (Phi) is 5.82. The van der Waals surface area contributed by atoms with Gasteiger partial charge in [0.1, 0.15) is 6.54 Å². The Morgan fingerprint density at radius 3 is 2.36 bits per heavy atom. The standard InChI is InChI=1S/C21H19F3N2O2/c22-21(23,24)11-13-26(14-16-6-2-1-3-7-16)20(28)15-25-12-10-19(27)17-8-4-5-9-18(17)25/h1-10,12H,11,13-15H2. The summed E-state index contributed by atoms with van der Waals surface area (Å²) < 4.78 is 39.7. The maximum absolute atomic E-state index is 12.8. The monoisotopic (exact) mass is 388 g/mol. The lowest BCUT2D eigenvalue weighted by atomic mass is 10.2. The highest BCUT2D eigenvalue weighted by molar-refractivity contribution is 5.82. The van der Waals surface area contributed by atoms with Crippen LogP contribution in [0.25, 0.3) is 10.9 Å². The van der Waals surface area contributed by atoms with Crippen LogP contribution in [-0.2, 0) is 17.9 Å². The summed E-state index contributed by atoms with van der Waals surface area (Å²) in [5.41, 5.74) is 1.15. The van der Waals surface area contributed by atoms with E-state index in [9.17, 15) is 22.8 Å². The van der Waals surface area contributed by atoms with Gasteiger partial charge in [0.2, 0.25) is 5.91 Å². The van der Waals surface area contributed by atoms with Gasteiger partial charge in [-0.1, -0.05) is 42.5 Å². The van der Waals surface area contributed by atoms with Crippen molar-refractivity contribution in [2.45, 2.75) is 25.7 Å². The number of alkyl halides is 3. The van der Waals surface area contributed by atoms with Gasteiger partial charge in [-0.15, -0.1) is 0 Å². The van der Waals surface area contributed by atoms with Gasteiger partial charge in [-0.3, -0.25) is 9.59 Å². The van der Waals surface area contributed by atoms with Crippen molar-refractivity contribution in [2.24, 2.45) is 0 Å². The van der Waals surface area contributed by atoms with Gasteiger partial charge in [0.25, 0.3) is 0 Å². The molecule has 2 aromatic carbocycles. The van der Waals surface area contributed by atoms with Crippen molar-refractivity contribution in [3.8, 4) is 0 Å². The molecule has 0 spiro atoms. The molecular weight excluding hydrogens is 369 g/mol. The number of hydrogen-bond donors (Lipinski definition) is 0. The number of pyridine rings is 1. The van der Waals surface area contributed by atoms with E-state index < -0.39 is 25.0 Å². The van der Waals surface area contributed by atoms with Crippen molar-refractivity contribution in [3.05, 3.63) is 82.6 Å². The predicted octanol–water partition coefficient (Wildman–Crippen LogP) is 3.98. The average Bonchev–Trinajstić information content (AvgIpc) is 2.67. The van der Waals surface area contributed by atoms with E-state index >= 15 is 0 Å². The first-order valence-corrected chi connectivity index (χ1v) is 8.80. The number of halogens is 3. The zero-order valence-electron chi connectivity index (χ0n) is 15.0. The van der Waals surface area contributed by atoms with Crippen LogP contribution in [0, 0.1) is 0 Å². The number of fused-ring (bicyclic) bond motifs is 1. The van der Waals surface area contributed by atoms with Crippen molar-refractivity contribution in [1.82, 2.24) is 9.47 Å². The Morgan fingerprint density at radius 2 is 1.64 bits per heavy atom. The minimum absolute atomic E-state index is 0.0912. The highest BCUT2D eigenvalue weighted by Gasteiger charge is 2.29. The molecule has 3 aromatic rings. The molecule has 0 radical (unpaired) electrons. The molecule has 0 saturated carbocycles. The molecule has 4 nitrogen and oxygen atoms in total. The smallest absolute Gasteiger partial charge is 0.338 e. The van der Waals surface area contributed by atoms with Gasteiger partial charge in [0, 0.05) is 30.7 Å². The van der Waals surface area contributed by atoms with Crippen molar-refractivity contribution in [2.75, 3.05) is 6.54 Å². The fourth-order valence-electron chi connectivity index (χ4n) is 3.00. The first kappa shape index (κ1) is 19.7. The van der Waals surface area contributed by atoms with Crippen LogP contribution in [0.2, 0.25) is 0 Å². The van der Waals surface area contributed by atoms with E-state index in [1.807, 2.05) is 0 Å². The molecule has 1 aromatic heterocycles. The van der Waals surface area contributed by atoms with Crippen LogP contribution >= 0.6 is 0 Å². The molecular formula is C21H19F3N2O2. The van der Waals surface area contributed by atoms with Crippen LogP contribution in [0.5, 0.6) is 0 Å². The van der Waals surface area contributed by atoms with Crippen molar-refractivity contribution in [1.29, 1.82) is 0 Å². The second-order valence-electron chi connectivity index (χ2n) is 6.49. The number of hydrogen-bond acceptors (Lipinski definition) is 2. The zero-order valence-corrected chi connectivity index (χ0v) is 15.0. The topological polar surface area (TPSA) is 42.3 Å². The van der Waals surface area contributed by atoms with Crippen molar-refractivity contribution >= 4 is 16.8 Å². The van der Waals surface area contributed by atoms with Crippen LogP contribution in [0.15, 0.2) is 71.7 Å². The Labute approximate surface area is 159 Å². The van der Waals surface area contributed by atoms with E-state index in [0.29, 0.717) is 10.9 Å². The number of carbonyl (C=O) groups is 1. The minimum Gasteiger partial charge on any atom is -0.338 e. The van der Waals surface area contributed by atoms with Gasteiger partial charge in [0.15, 0.2) is 5.43 Å². The Hall–Kier alpha value is -3.09. The Bertz CT molecular complexity index is 1010. The first-order chi connectivity index (χ1) is 13.3. The van der Waals surface area contributed by atoms with Gasteiger partial charge in [0.05, 0.1) is 11.9 Å². The minimum atomic E-state index is -4.35. The third-order valence-electron chi connectivity index (χ3n) is 4.42. The third kappa shape index (κ3) is 5.00. The van der Waals surface area contributed by atoms with Crippen LogP contribution in [0.1, 0.15) is 12.0 Å². The van der Waals surface area contributed by atoms with E-state index in [1.165, 1.54) is 17.2 Å². The van der Waals surface area contributed by atoms with Gasteiger partial charge in [-0.25, -0.2) is 0 Å². The average molecular weight is 388 g/mol. The lowest BCUT2D eigenvalue weighted by Gasteiger charge is -2.24. The summed E-state index contributed by atoms with van der Waals surface area (Å²) in [7, 11) is 0. The molecule has 0 fully saturated rings. The summed E-state index contributed by atoms with van der Waals surface area (Å²) in [4.78, 5) is 26.0. The predicted molar refractivity (Wildman–Crippen MR) is 101 cm³/mol. The van der Waals surface area contributed by atoms with Crippen molar-refractivity contribution < 1.29 is 18.0 Å². The second kappa shape index (κ2) is 8.29.